The maximum absolute atomic E-state index is 8.77. The van der Waals surface area contributed by atoms with Crippen LogP contribution in [0.2, 0.25) is 0 Å². The highest BCUT2D eigenvalue weighted by Crippen LogP contribution is 2.10. The van der Waals surface area contributed by atoms with Crippen molar-refractivity contribution in [1.82, 2.24) is 5.32 Å². The first kappa shape index (κ1) is 12.8. The lowest BCUT2D eigenvalue weighted by Crippen LogP contribution is -2.31. The van der Waals surface area contributed by atoms with Gasteiger partial charge in [0.15, 0.2) is 0 Å². The summed E-state index contributed by atoms with van der Waals surface area (Å²) in [5.41, 5.74) is 0. The van der Waals surface area contributed by atoms with E-state index in [2.05, 4.69) is 18.3 Å². The van der Waals surface area contributed by atoms with Gasteiger partial charge < -0.3 is 10.4 Å². The Morgan fingerprint density at radius 3 is 2.77 bits per heavy atom. The monoisotopic (exact) mass is 202 g/mol. The molecule has 76 valence electrons. The molecule has 2 atom stereocenters. The van der Waals surface area contributed by atoms with Gasteiger partial charge in [-0.1, -0.05) is 13.8 Å². The number of rotatable bonds is 7. The van der Waals surface area contributed by atoms with Gasteiger partial charge in [0.2, 0.25) is 0 Å². The summed E-state index contributed by atoms with van der Waals surface area (Å²) in [5.74, 6) is 0.748. The molecule has 3 nitrogen and oxygen atoms in total. The van der Waals surface area contributed by atoms with Crippen molar-refractivity contribution in [3.63, 3.8) is 0 Å². The van der Waals surface area contributed by atoms with Crippen LogP contribution in [0.1, 0.15) is 20.3 Å². The van der Waals surface area contributed by atoms with Gasteiger partial charge in [-0.3, -0.25) is 0 Å². The smallest absolute Gasteiger partial charge is 0.104 e. The summed E-state index contributed by atoms with van der Waals surface area (Å²) in [4.78, 5) is 0. The Morgan fingerprint density at radius 2 is 2.31 bits per heavy atom. The lowest BCUT2D eigenvalue weighted by molar-refractivity contribution is 0.300. The number of nitriles is 1. The highest BCUT2D eigenvalue weighted by Gasteiger charge is 2.08. The van der Waals surface area contributed by atoms with Crippen molar-refractivity contribution < 1.29 is 5.11 Å². The molecule has 0 aliphatic carbocycles. The van der Waals surface area contributed by atoms with Gasteiger partial charge in [-0.05, 0) is 13.0 Å². The van der Waals surface area contributed by atoms with Gasteiger partial charge in [-0.25, -0.2) is 0 Å². The van der Waals surface area contributed by atoms with E-state index in [0.717, 1.165) is 18.7 Å². The molecular weight excluding hydrogens is 184 g/mol. The fourth-order valence-electron chi connectivity index (χ4n) is 0.774. The Morgan fingerprint density at radius 1 is 1.62 bits per heavy atom. The van der Waals surface area contributed by atoms with Crippen LogP contribution >= 0.6 is 11.8 Å². The van der Waals surface area contributed by atoms with Crippen molar-refractivity contribution in [1.29, 1.82) is 5.26 Å². The fraction of sp³-hybridized carbons (Fsp3) is 0.889. The number of aliphatic hydroxyl groups excluding tert-OH is 1. The summed E-state index contributed by atoms with van der Waals surface area (Å²) >= 11 is 1.62. The Kier molecular flexibility index (Phi) is 8.21. The first-order valence-corrected chi connectivity index (χ1v) is 5.64. The average Bonchev–Trinajstić information content (AvgIpc) is 2.17. The summed E-state index contributed by atoms with van der Waals surface area (Å²) in [6, 6.07) is 2.12. The molecule has 2 N–H and O–H groups in total. The number of hydrogen-bond acceptors (Lipinski definition) is 4. The quantitative estimate of drug-likeness (QED) is 0.646. The molecule has 0 aromatic rings. The van der Waals surface area contributed by atoms with E-state index in [1.165, 1.54) is 0 Å². The van der Waals surface area contributed by atoms with Crippen molar-refractivity contribution >= 4 is 11.8 Å². The lowest BCUT2D eigenvalue weighted by Gasteiger charge is -2.12. The molecule has 0 aliphatic heterocycles. The molecule has 0 aromatic heterocycles. The van der Waals surface area contributed by atoms with Crippen molar-refractivity contribution in [2.24, 2.45) is 0 Å². The highest BCUT2D eigenvalue weighted by atomic mass is 32.2. The first-order valence-electron chi connectivity index (χ1n) is 4.60. The summed E-state index contributed by atoms with van der Waals surface area (Å²) in [7, 11) is 0. The minimum absolute atomic E-state index is 0.0843. The minimum Gasteiger partial charge on any atom is -0.395 e. The van der Waals surface area contributed by atoms with E-state index < -0.39 is 0 Å². The molecule has 0 spiro atoms. The third kappa shape index (κ3) is 6.88. The van der Waals surface area contributed by atoms with Crippen LogP contribution in [0.5, 0.6) is 0 Å². The molecule has 4 heteroatoms. The molecule has 0 saturated heterocycles. The average molecular weight is 202 g/mol. The van der Waals surface area contributed by atoms with Crippen LogP contribution in [0.4, 0.5) is 0 Å². The number of aliphatic hydroxyl groups is 1. The van der Waals surface area contributed by atoms with Gasteiger partial charge in [0.1, 0.15) is 6.04 Å². The normalized spacial score (nSPS) is 14.9. The van der Waals surface area contributed by atoms with E-state index >= 15 is 0 Å². The number of nitrogens with zero attached hydrogens (tertiary/aromatic N) is 1. The van der Waals surface area contributed by atoms with Crippen molar-refractivity contribution in [3.8, 4) is 6.07 Å². The molecule has 0 amide bonds. The zero-order chi connectivity index (χ0) is 10.1. The maximum atomic E-state index is 8.77. The number of hydrogen-bond donors (Lipinski definition) is 2. The van der Waals surface area contributed by atoms with E-state index in [4.69, 9.17) is 10.4 Å². The molecule has 0 fully saturated rings. The van der Waals surface area contributed by atoms with Crippen LogP contribution in [-0.2, 0) is 0 Å². The van der Waals surface area contributed by atoms with Crippen LogP contribution in [0.25, 0.3) is 0 Å². The fourth-order valence-corrected chi connectivity index (χ4v) is 1.59. The highest BCUT2D eigenvalue weighted by molar-refractivity contribution is 7.99. The van der Waals surface area contributed by atoms with Crippen LogP contribution in [-0.4, -0.2) is 35.3 Å². The van der Waals surface area contributed by atoms with Gasteiger partial charge in [-0.2, -0.15) is 17.0 Å². The predicted octanol–water partition coefficient (Wildman–Crippen LogP) is 0.992. The summed E-state index contributed by atoms with van der Waals surface area (Å²) in [6.07, 6.45) is 1.04. The van der Waals surface area contributed by atoms with Crippen molar-refractivity contribution in [2.75, 3.05) is 18.9 Å². The van der Waals surface area contributed by atoms with Gasteiger partial charge in [0.05, 0.1) is 12.7 Å². The third-order valence-electron chi connectivity index (χ3n) is 1.60. The summed E-state index contributed by atoms with van der Waals surface area (Å²) < 4.78 is 0. The summed E-state index contributed by atoms with van der Waals surface area (Å²) in [6.45, 7) is 5.09. The second-order valence-corrected chi connectivity index (χ2v) is 4.43. The first-order chi connectivity index (χ1) is 6.24. The van der Waals surface area contributed by atoms with Crippen LogP contribution < -0.4 is 5.32 Å². The van der Waals surface area contributed by atoms with E-state index in [0.29, 0.717) is 0 Å². The van der Waals surface area contributed by atoms with E-state index in [-0.39, 0.29) is 17.9 Å². The molecular formula is C9H18N2OS. The van der Waals surface area contributed by atoms with Gasteiger partial charge in [0.25, 0.3) is 0 Å². The lowest BCUT2D eigenvalue weighted by atomic mass is 10.3. The van der Waals surface area contributed by atoms with Crippen LogP contribution in [0.3, 0.4) is 0 Å². The second kappa shape index (κ2) is 8.36. The largest absolute Gasteiger partial charge is 0.395 e. The molecule has 0 rings (SSSR count). The molecule has 13 heavy (non-hydrogen) atoms. The van der Waals surface area contributed by atoms with Gasteiger partial charge >= 0.3 is 0 Å². The van der Waals surface area contributed by atoms with E-state index in [1.807, 2.05) is 6.92 Å². The maximum Gasteiger partial charge on any atom is 0.104 e. The van der Waals surface area contributed by atoms with E-state index in [1.54, 1.807) is 11.8 Å². The van der Waals surface area contributed by atoms with Crippen LogP contribution in [0.15, 0.2) is 0 Å². The molecule has 0 aliphatic rings. The topological polar surface area (TPSA) is 56.0 Å². The van der Waals surface area contributed by atoms with Crippen molar-refractivity contribution in [2.45, 2.75) is 31.6 Å². The number of nitrogens with one attached hydrogen (secondary N) is 1. The molecule has 0 aromatic carbocycles. The van der Waals surface area contributed by atoms with Crippen molar-refractivity contribution in [3.05, 3.63) is 0 Å². The minimum atomic E-state index is -0.0843. The number of thioether (sulfide) groups is 1. The van der Waals surface area contributed by atoms with E-state index in [9.17, 15) is 0 Å². The molecule has 0 heterocycles. The molecule has 0 saturated carbocycles. The van der Waals surface area contributed by atoms with Gasteiger partial charge in [-0.15, -0.1) is 0 Å². The Bertz CT molecular complexity index is 158. The van der Waals surface area contributed by atoms with Gasteiger partial charge in [0, 0.05) is 11.0 Å². The molecule has 0 bridgehead atoms. The standard InChI is InChI=1S/C9H18N2OS/c1-3-4-11-9(5-10)7-13-8(2)6-12/h8-9,11-12H,3-4,6-7H2,1-2H3. The Labute approximate surface area is 84.5 Å². The summed E-state index contributed by atoms with van der Waals surface area (Å²) in [5, 5.41) is 20.9. The predicted molar refractivity (Wildman–Crippen MR) is 56.7 cm³/mol. The Balaban J connectivity index is 3.54. The third-order valence-corrected chi connectivity index (χ3v) is 2.84. The molecule has 0 radical (unpaired) electrons. The molecule has 2 unspecified atom stereocenters. The SMILES string of the molecule is CCCNC(C#N)CSC(C)CO. The zero-order valence-corrected chi connectivity index (χ0v) is 9.10. The van der Waals surface area contributed by atoms with Crippen LogP contribution in [0, 0.1) is 11.3 Å². The second-order valence-electron chi connectivity index (χ2n) is 2.96. The Hall–Kier alpha value is -0.240. The zero-order valence-electron chi connectivity index (χ0n) is 8.29.